The van der Waals surface area contributed by atoms with Gasteiger partial charge in [-0.1, -0.05) is 23.7 Å². The number of aromatic nitrogens is 2. The molecule has 2 heterocycles. The van der Waals surface area contributed by atoms with Crippen molar-refractivity contribution in [3.05, 3.63) is 53.1 Å². The van der Waals surface area contributed by atoms with E-state index in [2.05, 4.69) is 15.6 Å². The molecule has 1 aliphatic rings. The number of benzene rings is 1. The molecule has 0 spiro atoms. The maximum atomic E-state index is 12.5. The van der Waals surface area contributed by atoms with Gasteiger partial charge in [0.05, 0.1) is 13.2 Å². The van der Waals surface area contributed by atoms with E-state index in [0.717, 1.165) is 17.9 Å². The minimum Gasteiger partial charge on any atom is -0.378 e. The molecule has 1 saturated heterocycles. The van der Waals surface area contributed by atoms with Gasteiger partial charge in [-0.2, -0.15) is 0 Å². The minimum atomic E-state index is -0.320. The summed E-state index contributed by atoms with van der Waals surface area (Å²) in [6.07, 6.45) is 3.95. The number of ether oxygens (including phenoxy) is 1. The van der Waals surface area contributed by atoms with Crippen LogP contribution in [0.5, 0.6) is 0 Å². The van der Waals surface area contributed by atoms with Gasteiger partial charge >= 0.3 is 0 Å². The number of carbonyl (C=O) groups is 1. The van der Waals surface area contributed by atoms with Crippen molar-refractivity contribution in [2.24, 2.45) is 7.05 Å². The molecular formula is C17H22Cl2N4O2. The molecule has 0 bridgehead atoms. The molecule has 2 atom stereocenters. The third-order valence-corrected chi connectivity index (χ3v) is 4.31. The van der Waals surface area contributed by atoms with E-state index in [1.807, 2.05) is 42.1 Å². The van der Waals surface area contributed by atoms with Gasteiger partial charge in [0.25, 0.3) is 0 Å². The number of morpholine rings is 1. The molecule has 136 valence electrons. The Morgan fingerprint density at radius 2 is 2.24 bits per heavy atom. The molecule has 6 nitrogen and oxygen atoms in total. The summed E-state index contributed by atoms with van der Waals surface area (Å²) in [5, 5.41) is 7.03. The monoisotopic (exact) mass is 384 g/mol. The Hall–Kier alpha value is -1.60. The molecule has 2 aromatic rings. The summed E-state index contributed by atoms with van der Waals surface area (Å²) in [4.78, 5) is 16.9. The number of hydrogen-bond donors (Lipinski definition) is 2. The lowest BCUT2D eigenvalue weighted by molar-refractivity contribution is -0.122. The lowest BCUT2D eigenvalue weighted by Gasteiger charge is -2.25. The molecule has 1 aromatic heterocycles. The lowest BCUT2D eigenvalue weighted by atomic mass is 10.1. The van der Waals surface area contributed by atoms with E-state index in [9.17, 15) is 4.79 Å². The van der Waals surface area contributed by atoms with Crippen molar-refractivity contribution < 1.29 is 9.53 Å². The molecule has 0 aliphatic carbocycles. The number of rotatable bonds is 5. The zero-order chi connectivity index (χ0) is 16.9. The van der Waals surface area contributed by atoms with Gasteiger partial charge in [-0.3, -0.25) is 4.79 Å². The SMILES string of the molecule is Cl.Cn1ccnc1C(NC(=O)CC1COCCN1)c1ccc(Cl)cc1. The minimum absolute atomic E-state index is 0. The highest BCUT2D eigenvalue weighted by atomic mass is 35.5. The van der Waals surface area contributed by atoms with Gasteiger partial charge in [0.15, 0.2) is 0 Å². The number of nitrogens with one attached hydrogen (secondary N) is 2. The topological polar surface area (TPSA) is 68.2 Å². The van der Waals surface area contributed by atoms with Gasteiger partial charge in [-0.05, 0) is 17.7 Å². The highest BCUT2D eigenvalue weighted by Crippen LogP contribution is 2.22. The van der Waals surface area contributed by atoms with E-state index >= 15 is 0 Å². The van der Waals surface area contributed by atoms with Crippen LogP contribution in [0.2, 0.25) is 5.02 Å². The van der Waals surface area contributed by atoms with Crippen LogP contribution >= 0.6 is 24.0 Å². The fourth-order valence-electron chi connectivity index (χ4n) is 2.80. The summed E-state index contributed by atoms with van der Waals surface area (Å²) in [5.41, 5.74) is 0.940. The van der Waals surface area contributed by atoms with Crippen LogP contribution in [0.15, 0.2) is 36.7 Å². The maximum absolute atomic E-state index is 12.5. The Morgan fingerprint density at radius 1 is 1.48 bits per heavy atom. The summed E-state index contributed by atoms with van der Waals surface area (Å²) in [5.74, 6) is 0.736. The molecule has 1 aromatic carbocycles. The van der Waals surface area contributed by atoms with Gasteiger partial charge in [0.2, 0.25) is 5.91 Å². The first kappa shape index (κ1) is 19.7. The summed E-state index contributed by atoms with van der Waals surface area (Å²) in [7, 11) is 1.91. The van der Waals surface area contributed by atoms with E-state index in [0.29, 0.717) is 24.7 Å². The van der Waals surface area contributed by atoms with Crippen LogP contribution in [0.4, 0.5) is 0 Å². The molecule has 2 N–H and O–H groups in total. The van der Waals surface area contributed by atoms with Crippen molar-refractivity contribution in [2.75, 3.05) is 19.8 Å². The van der Waals surface area contributed by atoms with Gasteiger partial charge in [0.1, 0.15) is 11.9 Å². The predicted octanol–water partition coefficient (Wildman–Crippen LogP) is 2.08. The van der Waals surface area contributed by atoms with Crippen LogP contribution in [0.1, 0.15) is 23.9 Å². The Balaban J connectivity index is 0.00000225. The third-order valence-electron chi connectivity index (χ3n) is 4.06. The fourth-order valence-corrected chi connectivity index (χ4v) is 2.93. The number of nitrogens with zero attached hydrogens (tertiary/aromatic N) is 2. The first-order valence-corrected chi connectivity index (χ1v) is 8.34. The standard InChI is InChI=1S/C17H21ClN4O2.ClH/c1-22-8-6-20-17(22)16(12-2-4-13(18)5-3-12)21-15(23)10-14-11-24-9-7-19-14;/h2-6,8,14,16,19H,7,9-11H2,1H3,(H,21,23);1H. The largest absolute Gasteiger partial charge is 0.378 e. The number of aryl methyl sites for hydroxylation is 1. The van der Waals surface area contributed by atoms with Crippen molar-refractivity contribution in [2.45, 2.75) is 18.5 Å². The first-order valence-electron chi connectivity index (χ1n) is 7.96. The Bertz CT molecular complexity index is 684. The Morgan fingerprint density at radius 3 is 2.84 bits per heavy atom. The molecule has 0 radical (unpaired) electrons. The van der Waals surface area contributed by atoms with Crippen LogP contribution in [0, 0.1) is 0 Å². The number of halogens is 2. The van der Waals surface area contributed by atoms with Crippen molar-refractivity contribution in [1.29, 1.82) is 0 Å². The van der Waals surface area contributed by atoms with Gasteiger partial charge in [-0.25, -0.2) is 4.98 Å². The van der Waals surface area contributed by atoms with Crippen LogP contribution in [0.3, 0.4) is 0 Å². The Labute approximate surface area is 158 Å². The second-order valence-electron chi connectivity index (χ2n) is 5.88. The van der Waals surface area contributed by atoms with Crippen molar-refractivity contribution in [3.8, 4) is 0 Å². The van der Waals surface area contributed by atoms with Gasteiger partial charge < -0.3 is 19.9 Å². The summed E-state index contributed by atoms with van der Waals surface area (Å²) < 4.78 is 7.31. The number of amides is 1. The molecule has 25 heavy (non-hydrogen) atoms. The van der Waals surface area contributed by atoms with Gasteiger partial charge in [0, 0.05) is 43.5 Å². The maximum Gasteiger partial charge on any atom is 0.222 e. The van der Waals surface area contributed by atoms with Crippen molar-refractivity contribution in [3.63, 3.8) is 0 Å². The molecule has 0 saturated carbocycles. The van der Waals surface area contributed by atoms with E-state index in [-0.39, 0.29) is 30.4 Å². The third kappa shape index (κ3) is 5.19. The van der Waals surface area contributed by atoms with E-state index in [1.54, 1.807) is 6.20 Å². The molecular weight excluding hydrogens is 363 g/mol. The second kappa shape index (κ2) is 9.20. The number of hydrogen-bond acceptors (Lipinski definition) is 4. The predicted molar refractivity (Wildman–Crippen MR) is 99.1 cm³/mol. The zero-order valence-electron chi connectivity index (χ0n) is 13.9. The number of imidazole rings is 1. The summed E-state index contributed by atoms with van der Waals surface area (Å²) in [6, 6.07) is 7.17. The van der Waals surface area contributed by atoms with E-state index in [1.165, 1.54) is 0 Å². The molecule has 8 heteroatoms. The smallest absolute Gasteiger partial charge is 0.222 e. The quantitative estimate of drug-likeness (QED) is 0.827. The molecule has 2 unspecified atom stereocenters. The fraction of sp³-hybridized carbons (Fsp3) is 0.412. The van der Waals surface area contributed by atoms with Crippen LogP contribution in [-0.2, 0) is 16.6 Å². The van der Waals surface area contributed by atoms with Crippen molar-refractivity contribution in [1.82, 2.24) is 20.2 Å². The normalized spacial score (nSPS) is 18.2. The average molecular weight is 385 g/mol. The Kier molecular flexibility index (Phi) is 7.25. The van der Waals surface area contributed by atoms with E-state index in [4.69, 9.17) is 16.3 Å². The highest BCUT2D eigenvalue weighted by molar-refractivity contribution is 6.30. The average Bonchev–Trinajstić information content (AvgIpc) is 3.00. The van der Waals surface area contributed by atoms with E-state index < -0.39 is 0 Å². The van der Waals surface area contributed by atoms with Crippen molar-refractivity contribution >= 4 is 29.9 Å². The number of carbonyl (C=O) groups excluding carboxylic acids is 1. The summed E-state index contributed by atoms with van der Waals surface area (Å²) in [6.45, 7) is 2.03. The molecule has 1 aliphatic heterocycles. The van der Waals surface area contributed by atoms with Crippen LogP contribution in [-0.4, -0.2) is 41.3 Å². The molecule has 1 fully saturated rings. The van der Waals surface area contributed by atoms with Crippen LogP contribution in [0.25, 0.3) is 0 Å². The van der Waals surface area contributed by atoms with Gasteiger partial charge in [-0.15, -0.1) is 12.4 Å². The molecule has 3 rings (SSSR count). The zero-order valence-corrected chi connectivity index (χ0v) is 15.5. The summed E-state index contributed by atoms with van der Waals surface area (Å²) >= 11 is 5.98. The second-order valence-corrected chi connectivity index (χ2v) is 6.31. The van der Waals surface area contributed by atoms with Crippen LogP contribution < -0.4 is 10.6 Å². The molecule has 1 amide bonds. The highest BCUT2D eigenvalue weighted by Gasteiger charge is 2.23. The lowest BCUT2D eigenvalue weighted by Crippen LogP contribution is -2.44. The first-order chi connectivity index (χ1) is 11.6.